The van der Waals surface area contributed by atoms with Crippen LogP contribution in [0.1, 0.15) is 19.3 Å². The zero-order valence-electron chi connectivity index (χ0n) is 6.85. The maximum Gasteiger partial charge on any atom is 0.222 e. The topological polar surface area (TPSA) is 0 Å². The second-order valence-electron chi connectivity index (χ2n) is 3.33. The quantitative estimate of drug-likeness (QED) is 0.323. The minimum Gasteiger partial charge on any atom is -0.287 e. The molecule has 0 unspecified atom stereocenters. The Kier molecular flexibility index (Phi) is 2.90. The predicted octanol–water partition coefficient (Wildman–Crippen LogP) is 1.55. The molecule has 11 heavy (non-hydrogen) atoms. The molecule has 2 heteroatoms. The van der Waals surface area contributed by atoms with Gasteiger partial charge in [-0.25, -0.2) is 0 Å². The van der Waals surface area contributed by atoms with E-state index in [9.17, 15) is 4.39 Å². The van der Waals surface area contributed by atoms with E-state index < -0.39 is 0 Å². The van der Waals surface area contributed by atoms with Crippen LogP contribution in [0, 0.1) is 12.3 Å². The molecule has 0 saturated carbocycles. The first-order chi connectivity index (χ1) is 5.33. The van der Waals surface area contributed by atoms with Crippen molar-refractivity contribution in [1.82, 2.24) is 0 Å². The van der Waals surface area contributed by atoms with E-state index >= 15 is 0 Å². The summed E-state index contributed by atoms with van der Waals surface area (Å²) in [6.07, 6.45) is 8.69. The van der Waals surface area contributed by atoms with Gasteiger partial charge in [-0.15, -0.1) is 6.42 Å². The minimum atomic E-state index is -0.288. The number of nitrogens with zero attached hydrogens (tertiary/aromatic N) is 1. The van der Waals surface area contributed by atoms with Crippen molar-refractivity contribution in [3.05, 3.63) is 0 Å². The third kappa shape index (κ3) is 1.94. The molecule has 0 radical (unpaired) electrons. The van der Waals surface area contributed by atoms with E-state index in [1.54, 1.807) is 0 Å². The molecule has 0 amide bonds. The Morgan fingerprint density at radius 3 is 2.36 bits per heavy atom. The fourth-order valence-electron chi connectivity index (χ4n) is 1.70. The Hall–Kier alpha value is -0.550. The van der Waals surface area contributed by atoms with E-state index in [0.29, 0.717) is 11.0 Å². The van der Waals surface area contributed by atoms with Crippen molar-refractivity contribution in [3.63, 3.8) is 0 Å². The summed E-state index contributed by atoms with van der Waals surface area (Å²) in [7, 11) is 0. The van der Waals surface area contributed by atoms with E-state index in [0.717, 1.165) is 25.9 Å². The number of hydrogen-bond acceptors (Lipinski definition) is 0. The molecule has 0 N–H and O–H groups in total. The molecular weight excluding hydrogens is 141 g/mol. The highest BCUT2D eigenvalue weighted by Gasteiger charge is 2.28. The van der Waals surface area contributed by atoms with Gasteiger partial charge in [0.25, 0.3) is 0 Å². The molecule has 0 spiro atoms. The molecule has 0 aromatic carbocycles. The van der Waals surface area contributed by atoms with Crippen LogP contribution in [0.3, 0.4) is 0 Å². The third-order valence-corrected chi connectivity index (χ3v) is 2.45. The highest BCUT2D eigenvalue weighted by Crippen LogP contribution is 2.17. The van der Waals surface area contributed by atoms with E-state index in [4.69, 9.17) is 6.42 Å². The van der Waals surface area contributed by atoms with Gasteiger partial charge < -0.3 is 0 Å². The lowest BCUT2D eigenvalue weighted by atomic mass is 10.1. The van der Waals surface area contributed by atoms with Gasteiger partial charge in [0.1, 0.15) is 6.54 Å². The lowest BCUT2D eigenvalue weighted by Gasteiger charge is -2.37. The lowest BCUT2D eigenvalue weighted by Crippen LogP contribution is -2.51. The van der Waals surface area contributed by atoms with Gasteiger partial charge >= 0.3 is 0 Å². The molecule has 1 heterocycles. The highest BCUT2D eigenvalue weighted by molar-refractivity contribution is 4.83. The molecule has 1 saturated heterocycles. The van der Waals surface area contributed by atoms with Crippen LogP contribution in [0.25, 0.3) is 0 Å². The molecule has 0 bridgehead atoms. The highest BCUT2D eigenvalue weighted by atomic mass is 19.1. The van der Waals surface area contributed by atoms with Crippen LogP contribution in [-0.4, -0.2) is 30.9 Å². The molecule has 1 rings (SSSR count). The van der Waals surface area contributed by atoms with Gasteiger partial charge in [0, 0.05) is 0 Å². The summed E-state index contributed by atoms with van der Waals surface area (Å²) in [5, 5.41) is 0. The summed E-state index contributed by atoms with van der Waals surface area (Å²) in [6, 6.07) is 0. The zero-order valence-corrected chi connectivity index (χ0v) is 6.85. The standard InChI is InChI=1S/C9H15FN/c1-2-6-11(9-10)7-4-3-5-8-11/h1H,3-9H2/q+1. The zero-order chi connectivity index (χ0) is 8.16. The average Bonchev–Trinajstić information content (AvgIpc) is 2.07. The fraction of sp³-hybridized carbons (Fsp3) is 0.778. The number of alkyl halides is 1. The Balaban J connectivity index is 2.51. The Morgan fingerprint density at radius 1 is 1.27 bits per heavy atom. The van der Waals surface area contributed by atoms with Crippen LogP contribution < -0.4 is 0 Å². The van der Waals surface area contributed by atoms with Crippen molar-refractivity contribution in [2.24, 2.45) is 0 Å². The number of quaternary nitrogens is 1. The maximum atomic E-state index is 12.6. The van der Waals surface area contributed by atoms with Crippen molar-refractivity contribution in [2.75, 3.05) is 26.4 Å². The van der Waals surface area contributed by atoms with E-state index in [1.165, 1.54) is 6.42 Å². The van der Waals surface area contributed by atoms with E-state index in [-0.39, 0.29) is 6.80 Å². The lowest BCUT2D eigenvalue weighted by molar-refractivity contribution is -0.937. The second-order valence-corrected chi connectivity index (χ2v) is 3.33. The number of halogens is 1. The van der Waals surface area contributed by atoms with Gasteiger partial charge in [0.2, 0.25) is 6.80 Å². The number of likely N-dealkylation sites (tertiary alicyclic amines) is 1. The number of hydrogen-bond donors (Lipinski definition) is 0. The first kappa shape index (κ1) is 8.55. The molecule has 62 valence electrons. The molecule has 1 aliphatic heterocycles. The largest absolute Gasteiger partial charge is 0.287 e. The van der Waals surface area contributed by atoms with Crippen molar-refractivity contribution in [3.8, 4) is 12.3 Å². The SMILES string of the molecule is C#CC[N+]1(CF)CCCCC1. The minimum absolute atomic E-state index is 0.288. The predicted molar refractivity (Wildman–Crippen MR) is 43.5 cm³/mol. The van der Waals surface area contributed by atoms with Gasteiger partial charge in [-0.05, 0) is 25.2 Å². The molecule has 0 aromatic heterocycles. The summed E-state index contributed by atoms with van der Waals surface area (Å²) in [4.78, 5) is 0. The average molecular weight is 156 g/mol. The Morgan fingerprint density at radius 2 is 1.91 bits per heavy atom. The van der Waals surface area contributed by atoms with Crippen LogP contribution in [0.4, 0.5) is 4.39 Å². The molecule has 0 aliphatic carbocycles. The number of rotatable bonds is 2. The van der Waals surface area contributed by atoms with Crippen molar-refractivity contribution < 1.29 is 8.87 Å². The van der Waals surface area contributed by atoms with Gasteiger partial charge in [-0.1, -0.05) is 0 Å². The van der Waals surface area contributed by atoms with E-state index in [2.05, 4.69) is 5.92 Å². The van der Waals surface area contributed by atoms with Gasteiger partial charge in [0.15, 0.2) is 0 Å². The molecule has 1 nitrogen and oxygen atoms in total. The molecule has 1 fully saturated rings. The fourth-order valence-corrected chi connectivity index (χ4v) is 1.70. The maximum absolute atomic E-state index is 12.6. The van der Waals surface area contributed by atoms with E-state index in [1.807, 2.05) is 0 Å². The van der Waals surface area contributed by atoms with Crippen LogP contribution in [0.15, 0.2) is 0 Å². The van der Waals surface area contributed by atoms with Gasteiger partial charge in [-0.2, -0.15) is 4.39 Å². The molecule has 1 aliphatic rings. The number of piperidine rings is 1. The monoisotopic (exact) mass is 156 g/mol. The Bertz CT molecular complexity index is 153. The van der Waals surface area contributed by atoms with Crippen LogP contribution in [0.5, 0.6) is 0 Å². The second kappa shape index (κ2) is 3.73. The third-order valence-electron chi connectivity index (χ3n) is 2.45. The van der Waals surface area contributed by atoms with Gasteiger partial charge in [-0.3, -0.25) is 4.48 Å². The Labute approximate surface area is 67.8 Å². The summed E-state index contributed by atoms with van der Waals surface area (Å²) in [5.74, 6) is 2.56. The summed E-state index contributed by atoms with van der Waals surface area (Å²) >= 11 is 0. The molecule has 0 atom stereocenters. The molecule has 0 aromatic rings. The van der Waals surface area contributed by atoms with Crippen molar-refractivity contribution in [1.29, 1.82) is 0 Å². The smallest absolute Gasteiger partial charge is 0.222 e. The number of terminal acetylenes is 1. The van der Waals surface area contributed by atoms with Crippen molar-refractivity contribution in [2.45, 2.75) is 19.3 Å². The van der Waals surface area contributed by atoms with Crippen molar-refractivity contribution >= 4 is 0 Å². The van der Waals surface area contributed by atoms with Crippen LogP contribution >= 0.6 is 0 Å². The van der Waals surface area contributed by atoms with Crippen LogP contribution in [0.2, 0.25) is 0 Å². The summed E-state index contributed by atoms with van der Waals surface area (Å²) < 4.78 is 13.1. The normalized spacial score (nSPS) is 22.5. The summed E-state index contributed by atoms with van der Waals surface area (Å²) in [5.41, 5.74) is 0. The first-order valence-corrected chi connectivity index (χ1v) is 4.17. The first-order valence-electron chi connectivity index (χ1n) is 4.17. The van der Waals surface area contributed by atoms with Crippen LogP contribution in [-0.2, 0) is 0 Å². The van der Waals surface area contributed by atoms with Gasteiger partial charge in [0.05, 0.1) is 13.1 Å². The summed E-state index contributed by atoms with van der Waals surface area (Å²) in [6.45, 7) is 2.14. The molecular formula is C9H15FN+.